The minimum Gasteiger partial charge on any atom is -0.393 e. The Morgan fingerprint density at radius 3 is 2.80 bits per heavy atom. The molecule has 2 rings (SSSR count). The van der Waals surface area contributed by atoms with Crippen molar-refractivity contribution in [2.75, 3.05) is 25.5 Å². The van der Waals surface area contributed by atoms with Gasteiger partial charge in [0.25, 0.3) is 10.0 Å². The van der Waals surface area contributed by atoms with Crippen LogP contribution in [-0.4, -0.2) is 49.1 Å². The van der Waals surface area contributed by atoms with E-state index in [-0.39, 0.29) is 17.0 Å². The minimum absolute atomic E-state index is 0.0595. The first-order valence-electron chi connectivity index (χ1n) is 6.78. The zero-order chi connectivity index (χ0) is 14.8. The molecule has 0 bridgehead atoms. The topological polar surface area (TPSA) is 82.5 Å². The molecule has 0 radical (unpaired) electrons. The van der Waals surface area contributed by atoms with Gasteiger partial charge in [-0.05, 0) is 37.8 Å². The third kappa shape index (κ3) is 3.11. The molecule has 6 nitrogen and oxygen atoms in total. The fourth-order valence-electron chi connectivity index (χ4n) is 2.38. The molecule has 0 saturated heterocycles. The van der Waals surface area contributed by atoms with Crippen LogP contribution in [0, 0.1) is 5.92 Å². The van der Waals surface area contributed by atoms with Gasteiger partial charge >= 0.3 is 0 Å². The van der Waals surface area contributed by atoms with Crippen LogP contribution in [0.1, 0.15) is 19.8 Å². The highest BCUT2D eigenvalue weighted by molar-refractivity contribution is 7.89. The molecule has 1 aliphatic carbocycles. The summed E-state index contributed by atoms with van der Waals surface area (Å²) in [4.78, 5) is 4.01. The van der Waals surface area contributed by atoms with Crippen molar-refractivity contribution >= 4 is 15.7 Å². The largest absolute Gasteiger partial charge is 0.393 e. The van der Waals surface area contributed by atoms with Crippen LogP contribution in [0.4, 0.5) is 5.69 Å². The monoisotopic (exact) mass is 299 g/mol. The molecular formula is C13H21N3O3S. The summed E-state index contributed by atoms with van der Waals surface area (Å²) in [6, 6.07) is 3.42. The van der Waals surface area contributed by atoms with Crippen LogP contribution in [0.15, 0.2) is 23.4 Å². The lowest BCUT2D eigenvalue weighted by atomic mass is 9.82. The van der Waals surface area contributed by atoms with E-state index in [0.29, 0.717) is 31.6 Å². The Hall–Kier alpha value is -1.18. The summed E-state index contributed by atoms with van der Waals surface area (Å²) < 4.78 is 26.4. The van der Waals surface area contributed by atoms with E-state index < -0.39 is 10.0 Å². The number of nitrogens with one attached hydrogen (secondary N) is 1. The van der Waals surface area contributed by atoms with Crippen LogP contribution in [0.3, 0.4) is 0 Å². The van der Waals surface area contributed by atoms with Crippen LogP contribution in [-0.2, 0) is 10.0 Å². The molecule has 1 aliphatic rings. The Balaban J connectivity index is 2.16. The second-order valence-electron chi connectivity index (χ2n) is 5.16. The molecule has 112 valence electrons. The Kier molecular flexibility index (Phi) is 4.62. The summed E-state index contributed by atoms with van der Waals surface area (Å²) in [6.45, 7) is 2.96. The number of nitrogens with zero attached hydrogens (tertiary/aromatic N) is 2. The number of rotatable bonds is 6. The van der Waals surface area contributed by atoms with Gasteiger partial charge in [0.2, 0.25) is 0 Å². The molecule has 1 aromatic rings. The Morgan fingerprint density at radius 1 is 1.50 bits per heavy atom. The average molecular weight is 299 g/mol. The summed E-state index contributed by atoms with van der Waals surface area (Å²) in [5.41, 5.74) is 0.524. The zero-order valence-corrected chi connectivity index (χ0v) is 12.6. The first-order valence-corrected chi connectivity index (χ1v) is 8.22. The summed E-state index contributed by atoms with van der Waals surface area (Å²) in [5, 5.41) is 12.4. The number of aliphatic hydroxyl groups is 1. The van der Waals surface area contributed by atoms with Gasteiger partial charge in [-0.2, -0.15) is 4.31 Å². The normalized spacial score (nSPS) is 22.6. The summed E-state index contributed by atoms with van der Waals surface area (Å²) in [7, 11) is -2.04. The van der Waals surface area contributed by atoms with Crippen molar-refractivity contribution in [1.29, 1.82) is 0 Å². The molecule has 0 unspecified atom stereocenters. The average Bonchev–Trinajstić information content (AvgIpc) is 2.37. The molecule has 0 amide bonds. The van der Waals surface area contributed by atoms with Crippen molar-refractivity contribution in [3.05, 3.63) is 18.3 Å². The third-order valence-corrected chi connectivity index (χ3v) is 5.30. The van der Waals surface area contributed by atoms with E-state index in [4.69, 9.17) is 0 Å². The van der Waals surface area contributed by atoms with Crippen LogP contribution >= 0.6 is 0 Å². The predicted octanol–water partition coefficient (Wildman–Crippen LogP) is 0.905. The number of aliphatic hydroxyl groups excluding tert-OH is 1. The lowest BCUT2D eigenvalue weighted by Gasteiger charge is -2.34. The van der Waals surface area contributed by atoms with Gasteiger partial charge in [-0.25, -0.2) is 13.4 Å². The number of hydrogen-bond acceptors (Lipinski definition) is 5. The van der Waals surface area contributed by atoms with Gasteiger partial charge in [-0.1, -0.05) is 0 Å². The van der Waals surface area contributed by atoms with Crippen LogP contribution in [0.2, 0.25) is 0 Å². The first-order chi connectivity index (χ1) is 9.45. The molecule has 2 N–H and O–H groups in total. The first kappa shape index (κ1) is 15.2. The standard InChI is InChI=1S/C13H21N3O3S/c1-3-14-12-5-4-6-15-13(12)20(18,19)16(2)9-10-7-11(17)8-10/h4-6,10-11,14,17H,3,7-9H2,1-2H3. The van der Waals surface area contributed by atoms with E-state index in [1.165, 1.54) is 10.5 Å². The van der Waals surface area contributed by atoms with E-state index in [2.05, 4.69) is 10.3 Å². The lowest BCUT2D eigenvalue weighted by Crippen LogP contribution is -2.39. The highest BCUT2D eigenvalue weighted by Gasteiger charge is 2.33. The SMILES string of the molecule is CCNc1cccnc1S(=O)(=O)N(C)CC1CC(O)C1. The van der Waals surface area contributed by atoms with E-state index in [0.717, 1.165) is 0 Å². The quantitative estimate of drug-likeness (QED) is 0.815. The van der Waals surface area contributed by atoms with Gasteiger partial charge < -0.3 is 10.4 Å². The van der Waals surface area contributed by atoms with Crippen molar-refractivity contribution in [1.82, 2.24) is 9.29 Å². The molecule has 1 heterocycles. The lowest BCUT2D eigenvalue weighted by molar-refractivity contribution is 0.0367. The van der Waals surface area contributed by atoms with Crippen LogP contribution < -0.4 is 5.32 Å². The minimum atomic E-state index is -3.60. The van der Waals surface area contributed by atoms with Crippen molar-refractivity contribution in [3.63, 3.8) is 0 Å². The Labute approximate surface area is 119 Å². The van der Waals surface area contributed by atoms with Gasteiger partial charge in [0, 0.05) is 26.3 Å². The zero-order valence-electron chi connectivity index (χ0n) is 11.8. The number of aromatic nitrogens is 1. The number of pyridine rings is 1. The van der Waals surface area contributed by atoms with E-state index in [1.54, 1.807) is 19.2 Å². The molecule has 1 fully saturated rings. The van der Waals surface area contributed by atoms with Crippen LogP contribution in [0.25, 0.3) is 0 Å². The molecule has 1 saturated carbocycles. The van der Waals surface area contributed by atoms with Gasteiger partial charge in [-0.3, -0.25) is 0 Å². The molecule has 0 aromatic carbocycles. The van der Waals surface area contributed by atoms with Crippen molar-refractivity contribution in [2.24, 2.45) is 5.92 Å². The van der Waals surface area contributed by atoms with Gasteiger partial charge in [0.05, 0.1) is 11.8 Å². The maximum absolute atomic E-state index is 12.5. The summed E-state index contributed by atoms with van der Waals surface area (Å²) in [5.74, 6) is 0.232. The number of hydrogen-bond donors (Lipinski definition) is 2. The molecular weight excluding hydrogens is 278 g/mol. The molecule has 0 spiro atoms. The fraction of sp³-hybridized carbons (Fsp3) is 0.615. The summed E-state index contributed by atoms with van der Waals surface area (Å²) >= 11 is 0. The van der Waals surface area contributed by atoms with Gasteiger partial charge in [0.1, 0.15) is 0 Å². The second kappa shape index (κ2) is 6.07. The van der Waals surface area contributed by atoms with Gasteiger partial charge in [0.15, 0.2) is 5.03 Å². The maximum Gasteiger partial charge on any atom is 0.262 e. The highest BCUT2D eigenvalue weighted by atomic mass is 32.2. The second-order valence-corrected chi connectivity index (χ2v) is 7.12. The highest BCUT2D eigenvalue weighted by Crippen LogP contribution is 2.30. The molecule has 7 heteroatoms. The molecule has 0 aliphatic heterocycles. The summed E-state index contributed by atoms with van der Waals surface area (Å²) in [6.07, 6.45) is 2.54. The third-order valence-electron chi connectivity index (χ3n) is 3.52. The maximum atomic E-state index is 12.5. The molecule has 1 aromatic heterocycles. The molecule has 20 heavy (non-hydrogen) atoms. The fourth-order valence-corrected chi connectivity index (χ4v) is 3.69. The molecule has 0 atom stereocenters. The van der Waals surface area contributed by atoms with E-state index in [1.807, 2.05) is 6.92 Å². The number of anilines is 1. The van der Waals surface area contributed by atoms with E-state index in [9.17, 15) is 13.5 Å². The van der Waals surface area contributed by atoms with Crippen molar-refractivity contribution in [2.45, 2.75) is 30.9 Å². The van der Waals surface area contributed by atoms with Gasteiger partial charge in [-0.15, -0.1) is 0 Å². The van der Waals surface area contributed by atoms with Crippen molar-refractivity contribution in [3.8, 4) is 0 Å². The Bertz CT molecular complexity index is 556. The van der Waals surface area contributed by atoms with E-state index >= 15 is 0 Å². The Morgan fingerprint density at radius 2 is 2.20 bits per heavy atom. The van der Waals surface area contributed by atoms with Crippen LogP contribution in [0.5, 0.6) is 0 Å². The predicted molar refractivity (Wildman–Crippen MR) is 76.9 cm³/mol. The van der Waals surface area contributed by atoms with Crippen molar-refractivity contribution < 1.29 is 13.5 Å². The number of sulfonamides is 1. The smallest absolute Gasteiger partial charge is 0.262 e.